The summed E-state index contributed by atoms with van der Waals surface area (Å²) < 4.78 is 205. The molecule has 0 aromatic rings. The summed E-state index contributed by atoms with van der Waals surface area (Å²) in [6.45, 7) is 0.152. The number of hydrogen-bond donors (Lipinski definition) is 0. The Hall–Kier alpha value is -1.14. The van der Waals surface area contributed by atoms with Crippen molar-refractivity contribution in [3.8, 4) is 0 Å². The zero-order valence-corrected chi connectivity index (χ0v) is 19.0. The van der Waals surface area contributed by atoms with Crippen molar-refractivity contribution in [2.75, 3.05) is 13.2 Å². The summed E-state index contributed by atoms with van der Waals surface area (Å²) in [5, 5.41) is 0. The van der Waals surface area contributed by atoms with Gasteiger partial charge in [-0.15, -0.1) is 0 Å². The normalized spacial score (nSPS) is 30.8. The average Bonchev–Trinajstić information content (AvgIpc) is 3.27. The van der Waals surface area contributed by atoms with E-state index in [1.54, 1.807) is 0 Å². The monoisotopic (exact) mass is 580 g/mol. The number of rotatable bonds is 8. The predicted molar refractivity (Wildman–Crippen MR) is 93.4 cm³/mol. The van der Waals surface area contributed by atoms with Crippen LogP contribution in [0.5, 0.6) is 0 Å². The van der Waals surface area contributed by atoms with Crippen molar-refractivity contribution in [2.45, 2.75) is 106 Å². The lowest BCUT2D eigenvalue weighted by Gasteiger charge is -2.43. The molecule has 0 N–H and O–H groups in total. The molecule has 2 aliphatic rings. The van der Waals surface area contributed by atoms with E-state index < -0.39 is 105 Å². The number of halogens is 14. The van der Waals surface area contributed by atoms with Gasteiger partial charge in [0.05, 0.1) is 19.3 Å². The molecule has 0 saturated carbocycles. The minimum atomic E-state index is -6.50. The van der Waals surface area contributed by atoms with E-state index in [0.29, 0.717) is 0 Å². The summed E-state index contributed by atoms with van der Waals surface area (Å²) in [6, 6.07) is 0. The third-order valence-corrected chi connectivity index (χ3v) is 6.13. The lowest BCUT2D eigenvalue weighted by atomic mass is 9.90. The highest BCUT2D eigenvalue weighted by molar-refractivity contribution is 5.09. The number of alkyl halides is 14. The molecule has 2 saturated heterocycles. The summed E-state index contributed by atoms with van der Waals surface area (Å²) in [7, 11) is 0. The zero-order valence-electron chi connectivity index (χ0n) is 19.0. The van der Waals surface area contributed by atoms with E-state index in [1.807, 2.05) is 0 Å². The van der Waals surface area contributed by atoms with Crippen LogP contribution < -0.4 is 0 Å². The van der Waals surface area contributed by atoms with Crippen LogP contribution in [0.1, 0.15) is 46.0 Å². The molecule has 4 unspecified atom stereocenters. The van der Waals surface area contributed by atoms with Crippen LogP contribution in [0.2, 0.25) is 0 Å². The maximum Gasteiger partial charge on any atom is 0.437 e. The van der Waals surface area contributed by atoms with Crippen LogP contribution in [-0.2, 0) is 18.9 Å². The summed E-state index contributed by atoms with van der Waals surface area (Å²) in [6.07, 6.45) is -34.0. The molecule has 0 aliphatic carbocycles. The first-order valence-electron chi connectivity index (χ1n) is 10.7. The fourth-order valence-electron chi connectivity index (χ4n) is 4.20. The quantitative estimate of drug-likeness (QED) is 0.232. The Kier molecular flexibility index (Phi) is 8.50. The fourth-order valence-corrected chi connectivity index (χ4v) is 4.20. The average molecular weight is 580 g/mol. The largest absolute Gasteiger partial charge is 0.437 e. The summed E-state index contributed by atoms with van der Waals surface area (Å²) in [5.41, 5.74) is -11.7. The molecule has 0 spiro atoms. The summed E-state index contributed by atoms with van der Waals surface area (Å²) >= 11 is 0. The van der Waals surface area contributed by atoms with Crippen molar-refractivity contribution in [3.63, 3.8) is 0 Å². The molecule has 0 aromatic heterocycles. The summed E-state index contributed by atoms with van der Waals surface area (Å²) in [5.74, 6) is -6.02. The Morgan fingerprint density at radius 2 is 1.16 bits per heavy atom. The minimum absolute atomic E-state index is 0.426. The van der Waals surface area contributed by atoms with E-state index in [9.17, 15) is 61.5 Å². The topological polar surface area (TPSA) is 36.9 Å². The Balaban J connectivity index is 2.06. The van der Waals surface area contributed by atoms with E-state index in [4.69, 9.17) is 4.74 Å². The maximum absolute atomic E-state index is 14.7. The second-order valence-corrected chi connectivity index (χ2v) is 8.91. The molecule has 2 heterocycles. The first-order valence-corrected chi connectivity index (χ1v) is 10.7. The SMILES string of the molecule is CC1CCC(OCCCOC2(C)CCC(C(F)(C(F)(F)F)C(F)(F)F)O2)(C(F)(C(F)(F)F)C(F)(F)F)O1. The Labute approximate surface area is 200 Å². The van der Waals surface area contributed by atoms with Gasteiger partial charge < -0.3 is 18.9 Å². The van der Waals surface area contributed by atoms with Gasteiger partial charge in [-0.2, -0.15) is 52.7 Å². The second-order valence-electron chi connectivity index (χ2n) is 8.91. The first kappa shape index (κ1) is 32.1. The molecule has 0 radical (unpaired) electrons. The Morgan fingerprint density at radius 3 is 1.57 bits per heavy atom. The van der Waals surface area contributed by atoms with E-state index in [1.165, 1.54) is 0 Å². The highest BCUT2D eigenvalue weighted by Gasteiger charge is 2.84. The van der Waals surface area contributed by atoms with Crippen molar-refractivity contribution in [1.82, 2.24) is 0 Å². The number of ether oxygens (including phenoxy) is 4. The smallest absolute Gasteiger partial charge is 0.350 e. The minimum Gasteiger partial charge on any atom is -0.350 e. The lowest BCUT2D eigenvalue weighted by molar-refractivity contribution is -0.436. The van der Waals surface area contributed by atoms with Gasteiger partial charge in [0.2, 0.25) is 5.79 Å². The molecule has 4 atom stereocenters. The van der Waals surface area contributed by atoms with Gasteiger partial charge >= 0.3 is 36.0 Å². The molecule has 0 bridgehead atoms. The lowest BCUT2D eigenvalue weighted by Crippen LogP contribution is -2.69. The van der Waals surface area contributed by atoms with Crippen LogP contribution in [0.25, 0.3) is 0 Å². The molecule has 0 aromatic carbocycles. The zero-order chi connectivity index (χ0) is 28.9. The van der Waals surface area contributed by atoms with Crippen LogP contribution in [0.4, 0.5) is 61.5 Å². The highest BCUT2D eigenvalue weighted by Crippen LogP contribution is 2.58. The highest BCUT2D eigenvalue weighted by atomic mass is 19.4. The van der Waals surface area contributed by atoms with E-state index in [-0.39, 0.29) is 0 Å². The van der Waals surface area contributed by atoms with E-state index in [0.717, 1.165) is 13.8 Å². The van der Waals surface area contributed by atoms with Crippen molar-refractivity contribution in [2.24, 2.45) is 0 Å². The van der Waals surface area contributed by atoms with Gasteiger partial charge in [-0.3, -0.25) is 0 Å². The number of hydrogen-bond acceptors (Lipinski definition) is 4. The molecule has 220 valence electrons. The van der Waals surface area contributed by atoms with Gasteiger partial charge in [0.1, 0.15) is 6.10 Å². The van der Waals surface area contributed by atoms with Crippen molar-refractivity contribution in [3.05, 3.63) is 0 Å². The predicted octanol–water partition coefficient (Wildman–Crippen LogP) is 6.87. The van der Waals surface area contributed by atoms with Crippen LogP contribution in [0.15, 0.2) is 0 Å². The molecule has 2 rings (SSSR count). The van der Waals surface area contributed by atoms with Gasteiger partial charge in [-0.1, -0.05) is 0 Å². The van der Waals surface area contributed by atoms with Gasteiger partial charge in [-0.05, 0) is 33.1 Å². The Bertz CT molecular complexity index is 764. The van der Waals surface area contributed by atoms with Crippen LogP contribution in [0.3, 0.4) is 0 Å². The summed E-state index contributed by atoms with van der Waals surface area (Å²) in [4.78, 5) is 0. The molecule has 37 heavy (non-hydrogen) atoms. The fraction of sp³-hybridized carbons (Fsp3) is 1.00. The van der Waals surface area contributed by atoms with Gasteiger partial charge in [0, 0.05) is 12.8 Å². The molecule has 2 aliphatic heterocycles. The van der Waals surface area contributed by atoms with Crippen LogP contribution >= 0.6 is 0 Å². The van der Waals surface area contributed by atoms with Gasteiger partial charge in [0.25, 0.3) is 0 Å². The van der Waals surface area contributed by atoms with Crippen LogP contribution in [0, 0.1) is 0 Å². The Morgan fingerprint density at radius 1 is 0.676 bits per heavy atom. The van der Waals surface area contributed by atoms with Crippen molar-refractivity contribution >= 4 is 0 Å². The molecule has 0 amide bonds. The molecule has 18 heteroatoms. The van der Waals surface area contributed by atoms with E-state index in [2.05, 4.69) is 14.2 Å². The maximum atomic E-state index is 14.7. The van der Waals surface area contributed by atoms with Gasteiger partial charge in [0.15, 0.2) is 5.79 Å². The standard InChI is InChI=1S/C19H22F14O4/c1-10-4-7-13(36-10,15(21,18(28,29)30)19(31,32)33)35-9-3-8-34-12(2)6-5-11(37-12)14(20,16(22,23)24)17(25,26)27/h10-11H,3-9H2,1-2H3. The third-order valence-electron chi connectivity index (χ3n) is 6.13. The first-order chi connectivity index (χ1) is 16.4. The third kappa shape index (κ3) is 5.62. The second kappa shape index (κ2) is 9.80. The van der Waals surface area contributed by atoms with Crippen molar-refractivity contribution in [1.29, 1.82) is 0 Å². The molecular formula is C19H22F14O4. The molecule has 2 fully saturated rings. The van der Waals surface area contributed by atoms with Crippen LogP contribution in [-0.4, -0.2) is 73.0 Å². The van der Waals surface area contributed by atoms with E-state index >= 15 is 0 Å². The molecular weight excluding hydrogens is 558 g/mol. The van der Waals surface area contributed by atoms with Gasteiger partial charge in [-0.25, -0.2) is 8.78 Å². The van der Waals surface area contributed by atoms with Crippen molar-refractivity contribution < 1.29 is 80.4 Å². The molecule has 4 nitrogen and oxygen atoms in total.